The highest BCUT2D eigenvalue weighted by Crippen LogP contribution is 2.25. The monoisotopic (exact) mass is 357 g/mol. The lowest BCUT2D eigenvalue weighted by Crippen LogP contribution is -2.41. The van der Waals surface area contributed by atoms with Crippen molar-refractivity contribution in [1.29, 1.82) is 0 Å². The molecule has 1 aliphatic rings. The number of aryl methyl sites for hydroxylation is 1. The van der Waals surface area contributed by atoms with Gasteiger partial charge in [-0.1, -0.05) is 5.57 Å². The van der Waals surface area contributed by atoms with E-state index < -0.39 is 0 Å². The first-order valence-corrected chi connectivity index (χ1v) is 9.42. The number of amides is 2. The first-order valence-electron chi connectivity index (χ1n) is 9.42. The summed E-state index contributed by atoms with van der Waals surface area (Å²) in [6.45, 7) is 14.2. The van der Waals surface area contributed by atoms with Gasteiger partial charge < -0.3 is 15.5 Å². The fraction of sp³-hybridized carbons (Fsp3) is 0.524. The maximum absolute atomic E-state index is 12.8. The van der Waals surface area contributed by atoms with Gasteiger partial charge in [0.25, 0.3) is 5.91 Å². The molecular formula is C21H31N3O2. The summed E-state index contributed by atoms with van der Waals surface area (Å²) in [6.07, 6.45) is 0.826. The Hall–Kier alpha value is -2.30. The Morgan fingerprint density at radius 3 is 2.46 bits per heavy atom. The van der Waals surface area contributed by atoms with E-state index in [-0.39, 0.29) is 24.4 Å². The lowest BCUT2D eigenvalue weighted by atomic mass is 9.97. The molecule has 142 valence electrons. The Balaban J connectivity index is 2.22. The number of nitrogens with one attached hydrogen (secondary N) is 2. The van der Waals surface area contributed by atoms with E-state index >= 15 is 0 Å². The van der Waals surface area contributed by atoms with E-state index in [9.17, 15) is 9.59 Å². The third-order valence-corrected chi connectivity index (χ3v) is 5.08. The van der Waals surface area contributed by atoms with Crippen LogP contribution in [-0.2, 0) is 4.79 Å². The van der Waals surface area contributed by atoms with Gasteiger partial charge in [-0.3, -0.25) is 9.59 Å². The summed E-state index contributed by atoms with van der Waals surface area (Å²) in [6, 6.07) is 4.20. The molecule has 0 aromatic heterocycles. The van der Waals surface area contributed by atoms with Crippen molar-refractivity contribution in [2.75, 3.05) is 24.5 Å². The van der Waals surface area contributed by atoms with E-state index in [0.29, 0.717) is 11.1 Å². The largest absolute Gasteiger partial charge is 0.372 e. The predicted octanol–water partition coefficient (Wildman–Crippen LogP) is 3.10. The molecule has 26 heavy (non-hydrogen) atoms. The van der Waals surface area contributed by atoms with Gasteiger partial charge in [0.15, 0.2) is 0 Å². The van der Waals surface area contributed by atoms with E-state index in [1.165, 1.54) is 0 Å². The van der Waals surface area contributed by atoms with E-state index in [4.69, 9.17) is 0 Å². The van der Waals surface area contributed by atoms with Crippen LogP contribution in [0.25, 0.3) is 0 Å². The second kappa shape index (κ2) is 8.39. The van der Waals surface area contributed by atoms with Gasteiger partial charge in [-0.15, -0.1) is 0 Å². The highest BCUT2D eigenvalue weighted by Gasteiger charge is 2.23. The van der Waals surface area contributed by atoms with Crippen LogP contribution in [0.1, 0.15) is 55.6 Å². The molecule has 0 spiro atoms. The number of carbonyl (C=O) groups is 2. The van der Waals surface area contributed by atoms with Crippen LogP contribution < -0.4 is 15.5 Å². The number of hydrogen-bond acceptors (Lipinski definition) is 3. The van der Waals surface area contributed by atoms with Crippen molar-refractivity contribution in [1.82, 2.24) is 10.6 Å². The molecule has 1 unspecified atom stereocenters. The molecule has 1 aromatic rings. The van der Waals surface area contributed by atoms with Crippen LogP contribution in [0.15, 0.2) is 23.3 Å². The average molecular weight is 357 g/mol. The summed E-state index contributed by atoms with van der Waals surface area (Å²) in [5, 5.41) is 5.87. The van der Waals surface area contributed by atoms with Crippen LogP contribution in [0.5, 0.6) is 0 Å². The number of carbonyl (C=O) groups excluding carboxylic acids is 2. The molecule has 1 aromatic carbocycles. The minimum atomic E-state index is -0.133. The molecule has 0 saturated heterocycles. The van der Waals surface area contributed by atoms with E-state index in [1.54, 1.807) is 0 Å². The number of benzene rings is 1. The first kappa shape index (κ1) is 20.0. The Morgan fingerprint density at radius 1 is 1.23 bits per heavy atom. The van der Waals surface area contributed by atoms with Gasteiger partial charge in [0, 0.05) is 42.5 Å². The third kappa shape index (κ3) is 4.26. The lowest BCUT2D eigenvalue weighted by molar-refractivity contribution is -0.118. The van der Waals surface area contributed by atoms with Crippen LogP contribution in [0.2, 0.25) is 0 Å². The lowest BCUT2D eigenvalue weighted by Gasteiger charge is -2.26. The van der Waals surface area contributed by atoms with Gasteiger partial charge in [0.2, 0.25) is 5.91 Å². The molecule has 5 nitrogen and oxygen atoms in total. The molecule has 0 fully saturated rings. The molecule has 0 radical (unpaired) electrons. The topological polar surface area (TPSA) is 61.4 Å². The van der Waals surface area contributed by atoms with Crippen LogP contribution in [0.4, 0.5) is 5.69 Å². The highest BCUT2D eigenvalue weighted by molar-refractivity contribution is 6.00. The molecule has 1 heterocycles. The first-order chi connectivity index (χ1) is 12.3. The maximum atomic E-state index is 12.8. The molecule has 2 N–H and O–H groups in total. The second-order valence-electron chi connectivity index (χ2n) is 7.15. The van der Waals surface area contributed by atoms with Gasteiger partial charge in [0.05, 0.1) is 0 Å². The van der Waals surface area contributed by atoms with Crippen molar-refractivity contribution in [3.63, 3.8) is 0 Å². The zero-order valence-corrected chi connectivity index (χ0v) is 16.8. The molecular weight excluding hydrogens is 326 g/mol. The quantitative estimate of drug-likeness (QED) is 0.822. The fourth-order valence-electron chi connectivity index (χ4n) is 3.60. The Kier molecular flexibility index (Phi) is 6.46. The number of rotatable bonds is 6. The van der Waals surface area contributed by atoms with Crippen molar-refractivity contribution in [3.8, 4) is 0 Å². The summed E-state index contributed by atoms with van der Waals surface area (Å²) in [4.78, 5) is 27.2. The molecule has 2 amide bonds. The summed E-state index contributed by atoms with van der Waals surface area (Å²) in [5.74, 6) is -0.210. The van der Waals surface area contributed by atoms with Crippen molar-refractivity contribution >= 4 is 17.5 Å². The molecule has 1 atom stereocenters. The van der Waals surface area contributed by atoms with E-state index in [0.717, 1.165) is 41.9 Å². The average Bonchev–Trinajstić information content (AvgIpc) is 2.57. The van der Waals surface area contributed by atoms with Crippen molar-refractivity contribution in [2.45, 2.75) is 54.0 Å². The predicted molar refractivity (Wildman–Crippen MR) is 107 cm³/mol. The highest BCUT2D eigenvalue weighted by atomic mass is 16.2. The summed E-state index contributed by atoms with van der Waals surface area (Å²) in [5.41, 5.74) is 5.53. The minimum absolute atomic E-state index is 0.0775. The van der Waals surface area contributed by atoms with Crippen LogP contribution in [0.3, 0.4) is 0 Å². The molecule has 0 bridgehead atoms. The van der Waals surface area contributed by atoms with Gasteiger partial charge in [-0.25, -0.2) is 0 Å². The fourth-order valence-corrected chi connectivity index (χ4v) is 3.60. The zero-order chi connectivity index (χ0) is 19.4. The number of anilines is 1. The molecule has 1 aliphatic heterocycles. The SMILES string of the molecule is CCN(CC)c1cc(C)cc(C(=O)NCC2=C(C)CC(C)NC2=O)c1C. The summed E-state index contributed by atoms with van der Waals surface area (Å²) in [7, 11) is 0. The van der Waals surface area contributed by atoms with E-state index in [1.807, 2.05) is 33.8 Å². The van der Waals surface area contributed by atoms with Gasteiger partial charge in [-0.05, 0) is 71.2 Å². The van der Waals surface area contributed by atoms with Gasteiger partial charge in [0.1, 0.15) is 0 Å². The summed E-state index contributed by atoms with van der Waals surface area (Å²) >= 11 is 0. The maximum Gasteiger partial charge on any atom is 0.251 e. The molecule has 2 rings (SSSR count). The normalized spacial score (nSPS) is 17.2. The molecule has 5 heteroatoms. The standard InChI is InChI=1S/C21H31N3O2/c1-7-24(8-2)19-10-13(3)9-17(16(19)6)20(25)22-12-18-14(4)11-15(5)23-21(18)26/h9-10,15H,7-8,11-12H2,1-6H3,(H,22,25)(H,23,26). The van der Waals surface area contributed by atoms with Crippen molar-refractivity contribution in [3.05, 3.63) is 40.0 Å². The Labute approximate surface area is 156 Å². The number of nitrogens with zero attached hydrogens (tertiary/aromatic N) is 1. The zero-order valence-electron chi connectivity index (χ0n) is 16.8. The second-order valence-corrected chi connectivity index (χ2v) is 7.15. The molecule has 0 saturated carbocycles. The van der Waals surface area contributed by atoms with Crippen molar-refractivity contribution in [2.24, 2.45) is 0 Å². The third-order valence-electron chi connectivity index (χ3n) is 5.08. The van der Waals surface area contributed by atoms with E-state index in [2.05, 4.69) is 35.4 Å². The number of hydrogen-bond donors (Lipinski definition) is 2. The Morgan fingerprint density at radius 2 is 1.88 bits per heavy atom. The smallest absolute Gasteiger partial charge is 0.251 e. The summed E-state index contributed by atoms with van der Waals surface area (Å²) < 4.78 is 0. The van der Waals surface area contributed by atoms with Gasteiger partial charge >= 0.3 is 0 Å². The van der Waals surface area contributed by atoms with Crippen LogP contribution in [-0.4, -0.2) is 37.5 Å². The molecule has 0 aliphatic carbocycles. The van der Waals surface area contributed by atoms with Crippen LogP contribution >= 0.6 is 0 Å². The van der Waals surface area contributed by atoms with Crippen LogP contribution in [0, 0.1) is 13.8 Å². The van der Waals surface area contributed by atoms with Crippen molar-refractivity contribution < 1.29 is 9.59 Å². The Bertz CT molecular complexity index is 733. The minimum Gasteiger partial charge on any atom is -0.372 e. The van der Waals surface area contributed by atoms with Gasteiger partial charge in [-0.2, -0.15) is 0 Å².